The molecule has 0 spiro atoms. The smallest absolute Gasteiger partial charge is 0.119 e. The molecule has 2 saturated carbocycles. The Kier molecular flexibility index (Phi) is 4.84. The summed E-state index contributed by atoms with van der Waals surface area (Å²) in [5.41, 5.74) is 1.44. The van der Waals surface area contributed by atoms with E-state index in [0.29, 0.717) is 6.04 Å². The molecule has 21 heavy (non-hydrogen) atoms. The molecule has 116 valence electrons. The molecule has 2 fully saturated rings. The summed E-state index contributed by atoms with van der Waals surface area (Å²) >= 11 is 0. The van der Waals surface area contributed by atoms with Gasteiger partial charge in [0.1, 0.15) is 5.75 Å². The lowest BCUT2D eigenvalue weighted by atomic mass is 9.80. The van der Waals surface area contributed by atoms with Crippen molar-refractivity contribution in [2.45, 2.75) is 52.0 Å². The zero-order valence-corrected chi connectivity index (χ0v) is 13.5. The lowest BCUT2D eigenvalue weighted by Gasteiger charge is -2.31. The van der Waals surface area contributed by atoms with E-state index in [-0.39, 0.29) is 0 Å². The van der Waals surface area contributed by atoms with Gasteiger partial charge in [-0.05, 0) is 67.7 Å². The molecule has 0 aromatic heterocycles. The van der Waals surface area contributed by atoms with Crippen molar-refractivity contribution in [1.29, 1.82) is 0 Å². The standard InChI is InChI=1S/C19H29NO/c1-3-11-21-17-9-7-15(8-10-17)19(20-4-2)18-13-14-5-6-16(18)12-14/h7-10,14,16,18-20H,3-6,11-13H2,1-2H3. The fourth-order valence-corrected chi connectivity index (χ4v) is 4.43. The molecule has 4 atom stereocenters. The summed E-state index contributed by atoms with van der Waals surface area (Å²) < 4.78 is 5.70. The topological polar surface area (TPSA) is 21.3 Å². The third-order valence-corrected chi connectivity index (χ3v) is 5.36. The Morgan fingerprint density at radius 1 is 1.14 bits per heavy atom. The van der Waals surface area contributed by atoms with Gasteiger partial charge in [-0.3, -0.25) is 0 Å². The van der Waals surface area contributed by atoms with E-state index < -0.39 is 0 Å². The zero-order valence-electron chi connectivity index (χ0n) is 13.5. The molecule has 2 heteroatoms. The van der Waals surface area contributed by atoms with Crippen molar-refractivity contribution in [2.24, 2.45) is 17.8 Å². The Bertz CT molecular complexity index is 441. The summed E-state index contributed by atoms with van der Waals surface area (Å²) in [6.45, 7) is 6.22. The molecule has 2 nitrogen and oxygen atoms in total. The summed E-state index contributed by atoms with van der Waals surface area (Å²) in [5.74, 6) is 3.80. The lowest BCUT2D eigenvalue weighted by Crippen LogP contribution is -2.31. The minimum Gasteiger partial charge on any atom is -0.494 e. The van der Waals surface area contributed by atoms with Crippen LogP contribution in [0.1, 0.15) is 57.6 Å². The zero-order chi connectivity index (χ0) is 14.7. The first-order valence-corrected chi connectivity index (χ1v) is 8.78. The van der Waals surface area contributed by atoms with Crippen LogP contribution in [0.5, 0.6) is 5.75 Å². The predicted octanol–water partition coefficient (Wildman–Crippen LogP) is 4.56. The van der Waals surface area contributed by atoms with E-state index in [2.05, 4.69) is 43.4 Å². The molecule has 1 aromatic rings. The SMILES string of the molecule is CCCOc1ccc(C(NCC)C2CC3CCC2C3)cc1. The van der Waals surface area contributed by atoms with Gasteiger partial charge in [0, 0.05) is 6.04 Å². The quantitative estimate of drug-likeness (QED) is 0.793. The third-order valence-electron chi connectivity index (χ3n) is 5.36. The second-order valence-electron chi connectivity index (χ2n) is 6.79. The molecule has 0 radical (unpaired) electrons. The fourth-order valence-electron chi connectivity index (χ4n) is 4.43. The Labute approximate surface area is 129 Å². The minimum atomic E-state index is 0.533. The second-order valence-corrected chi connectivity index (χ2v) is 6.79. The molecule has 4 unspecified atom stereocenters. The van der Waals surface area contributed by atoms with Gasteiger partial charge < -0.3 is 10.1 Å². The van der Waals surface area contributed by atoms with E-state index >= 15 is 0 Å². The van der Waals surface area contributed by atoms with Crippen LogP contribution in [0.25, 0.3) is 0 Å². The first-order valence-electron chi connectivity index (χ1n) is 8.78. The number of nitrogens with one attached hydrogen (secondary N) is 1. The molecule has 2 aliphatic rings. The molecule has 0 aliphatic heterocycles. The van der Waals surface area contributed by atoms with Gasteiger partial charge in [-0.2, -0.15) is 0 Å². The largest absolute Gasteiger partial charge is 0.494 e. The van der Waals surface area contributed by atoms with Gasteiger partial charge in [-0.25, -0.2) is 0 Å². The highest BCUT2D eigenvalue weighted by Crippen LogP contribution is 2.52. The highest BCUT2D eigenvalue weighted by molar-refractivity contribution is 5.30. The van der Waals surface area contributed by atoms with Gasteiger partial charge in [0.05, 0.1) is 6.61 Å². The molecule has 0 amide bonds. The van der Waals surface area contributed by atoms with Gasteiger partial charge >= 0.3 is 0 Å². The Morgan fingerprint density at radius 3 is 2.52 bits per heavy atom. The molecular weight excluding hydrogens is 258 g/mol. The Hall–Kier alpha value is -1.02. The summed E-state index contributed by atoms with van der Waals surface area (Å²) in [7, 11) is 0. The van der Waals surface area contributed by atoms with Crippen LogP contribution in [-0.4, -0.2) is 13.2 Å². The van der Waals surface area contributed by atoms with Crippen LogP contribution < -0.4 is 10.1 Å². The van der Waals surface area contributed by atoms with Gasteiger partial charge in [-0.1, -0.05) is 32.4 Å². The van der Waals surface area contributed by atoms with Crippen LogP contribution in [0.4, 0.5) is 0 Å². The van der Waals surface area contributed by atoms with E-state index in [1.807, 2.05) is 0 Å². The monoisotopic (exact) mass is 287 g/mol. The maximum Gasteiger partial charge on any atom is 0.119 e. The lowest BCUT2D eigenvalue weighted by molar-refractivity contribution is 0.253. The molecule has 1 aromatic carbocycles. The van der Waals surface area contributed by atoms with Crippen LogP contribution >= 0.6 is 0 Å². The van der Waals surface area contributed by atoms with Crippen LogP contribution in [-0.2, 0) is 0 Å². The first-order chi connectivity index (χ1) is 10.3. The van der Waals surface area contributed by atoms with Crippen LogP contribution in [0, 0.1) is 17.8 Å². The summed E-state index contributed by atoms with van der Waals surface area (Å²) in [6, 6.07) is 9.35. The van der Waals surface area contributed by atoms with Crippen molar-refractivity contribution in [3.63, 3.8) is 0 Å². The summed E-state index contributed by atoms with van der Waals surface area (Å²) in [4.78, 5) is 0. The van der Waals surface area contributed by atoms with Crippen LogP contribution in [0.2, 0.25) is 0 Å². The number of hydrogen-bond donors (Lipinski definition) is 1. The molecule has 2 bridgehead atoms. The summed E-state index contributed by atoms with van der Waals surface area (Å²) in [5, 5.41) is 3.75. The van der Waals surface area contributed by atoms with Gasteiger partial charge in [0.2, 0.25) is 0 Å². The summed E-state index contributed by atoms with van der Waals surface area (Å²) in [6.07, 6.45) is 6.90. The fraction of sp³-hybridized carbons (Fsp3) is 0.684. The van der Waals surface area contributed by atoms with Gasteiger partial charge in [0.15, 0.2) is 0 Å². The van der Waals surface area contributed by atoms with Crippen molar-refractivity contribution >= 4 is 0 Å². The van der Waals surface area contributed by atoms with E-state index in [9.17, 15) is 0 Å². The average molecular weight is 287 g/mol. The Balaban J connectivity index is 1.71. The number of rotatable bonds is 7. The van der Waals surface area contributed by atoms with Crippen molar-refractivity contribution < 1.29 is 4.74 Å². The van der Waals surface area contributed by atoms with Crippen molar-refractivity contribution in [1.82, 2.24) is 5.32 Å². The molecule has 2 aliphatic carbocycles. The molecule has 0 saturated heterocycles. The molecular formula is C19H29NO. The predicted molar refractivity (Wildman–Crippen MR) is 87.6 cm³/mol. The van der Waals surface area contributed by atoms with Crippen molar-refractivity contribution in [2.75, 3.05) is 13.2 Å². The highest BCUT2D eigenvalue weighted by Gasteiger charge is 2.43. The molecule has 3 rings (SSSR count). The second kappa shape index (κ2) is 6.83. The highest BCUT2D eigenvalue weighted by atomic mass is 16.5. The van der Waals surface area contributed by atoms with Crippen LogP contribution in [0.3, 0.4) is 0 Å². The van der Waals surface area contributed by atoms with Gasteiger partial charge in [-0.15, -0.1) is 0 Å². The van der Waals surface area contributed by atoms with Crippen molar-refractivity contribution in [3.8, 4) is 5.75 Å². The van der Waals surface area contributed by atoms with Crippen LogP contribution in [0.15, 0.2) is 24.3 Å². The maximum atomic E-state index is 5.70. The first kappa shape index (κ1) is 14.9. The van der Waals surface area contributed by atoms with E-state index in [1.165, 1.54) is 31.2 Å². The molecule has 1 N–H and O–H groups in total. The Morgan fingerprint density at radius 2 is 1.95 bits per heavy atom. The maximum absolute atomic E-state index is 5.70. The minimum absolute atomic E-state index is 0.533. The van der Waals surface area contributed by atoms with E-state index in [4.69, 9.17) is 4.74 Å². The molecule has 0 heterocycles. The number of fused-ring (bicyclic) bond motifs is 2. The average Bonchev–Trinajstić information content (AvgIpc) is 3.14. The van der Waals surface area contributed by atoms with Gasteiger partial charge in [0.25, 0.3) is 0 Å². The number of ether oxygens (including phenoxy) is 1. The third kappa shape index (κ3) is 3.26. The normalized spacial score (nSPS) is 28.8. The number of hydrogen-bond acceptors (Lipinski definition) is 2. The van der Waals surface area contributed by atoms with Crippen molar-refractivity contribution in [3.05, 3.63) is 29.8 Å². The van der Waals surface area contributed by atoms with E-state index in [0.717, 1.165) is 43.1 Å². The van der Waals surface area contributed by atoms with E-state index in [1.54, 1.807) is 0 Å². The number of benzene rings is 1.